The maximum absolute atomic E-state index is 12.4. The fourth-order valence-corrected chi connectivity index (χ4v) is 3.24. The van der Waals surface area contributed by atoms with E-state index in [2.05, 4.69) is 4.74 Å². The van der Waals surface area contributed by atoms with Crippen molar-refractivity contribution in [3.8, 4) is 0 Å². The van der Waals surface area contributed by atoms with E-state index in [4.69, 9.17) is 4.74 Å². The smallest absolute Gasteiger partial charge is 0.410 e. The summed E-state index contributed by atoms with van der Waals surface area (Å²) in [7, 11) is 2.95. The largest absolute Gasteiger partial charge is 0.465 e. The number of methoxy groups -OCH3 is 1. The first-order chi connectivity index (χ1) is 13.0. The lowest BCUT2D eigenvalue weighted by molar-refractivity contribution is -0.384. The summed E-state index contributed by atoms with van der Waals surface area (Å²) >= 11 is 0. The first-order valence-corrected chi connectivity index (χ1v) is 9.11. The molecule has 28 heavy (non-hydrogen) atoms. The van der Waals surface area contributed by atoms with Crippen molar-refractivity contribution < 1.29 is 24.0 Å². The first-order valence-electron chi connectivity index (χ1n) is 9.11. The molecule has 0 bridgehead atoms. The van der Waals surface area contributed by atoms with Crippen LogP contribution >= 0.6 is 0 Å². The number of nitro groups is 1. The summed E-state index contributed by atoms with van der Waals surface area (Å²) in [6, 6.07) is 4.11. The molecule has 1 unspecified atom stereocenters. The van der Waals surface area contributed by atoms with Gasteiger partial charge in [0.05, 0.1) is 23.6 Å². The molecule has 0 aromatic heterocycles. The van der Waals surface area contributed by atoms with Gasteiger partial charge in [-0.25, -0.2) is 9.59 Å². The lowest BCUT2D eigenvalue weighted by Gasteiger charge is -2.31. The van der Waals surface area contributed by atoms with Crippen LogP contribution in [0, 0.1) is 10.1 Å². The van der Waals surface area contributed by atoms with E-state index in [-0.39, 0.29) is 23.4 Å². The highest BCUT2D eigenvalue weighted by Crippen LogP contribution is 2.30. The van der Waals surface area contributed by atoms with Crippen molar-refractivity contribution in [2.75, 3.05) is 32.1 Å². The maximum atomic E-state index is 12.4. The second-order valence-electron chi connectivity index (χ2n) is 7.80. The van der Waals surface area contributed by atoms with Crippen LogP contribution in [0.5, 0.6) is 0 Å². The van der Waals surface area contributed by atoms with Crippen LogP contribution in [-0.2, 0) is 9.47 Å². The molecule has 9 nitrogen and oxygen atoms in total. The molecule has 0 radical (unpaired) electrons. The molecule has 1 saturated heterocycles. The monoisotopic (exact) mass is 393 g/mol. The van der Waals surface area contributed by atoms with Crippen molar-refractivity contribution in [3.05, 3.63) is 33.9 Å². The van der Waals surface area contributed by atoms with E-state index < -0.39 is 16.5 Å². The first kappa shape index (κ1) is 21.5. The molecule has 154 valence electrons. The Morgan fingerprint density at radius 3 is 2.61 bits per heavy atom. The van der Waals surface area contributed by atoms with Gasteiger partial charge in [-0.2, -0.15) is 0 Å². The van der Waals surface area contributed by atoms with Crippen LogP contribution in [0.4, 0.5) is 16.2 Å². The molecule has 2 rings (SSSR count). The molecule has 1 aromatic rings. The topological polar surface area (TPSA) is 102 Å². The van der Waals surface area contributed by atoms with Crippen LogP contribution in [0.2, 0.25) is 0 Å². The molecule has 1 aliphatic rings. The van der Waals surface area contributed by atoms with Gasteiger partial charge in [-0.15, -0.1) is 0 Å². The standard InChI is InChI=1S/C19H27N3O6/c1-19(2,3)28-18(24)21-10-6-7-14(21)12-20(4)15-9-8-13(17(23)27-5)11-16(15)22(25)26/h8-9,11,14H,6-7,10,12H2,1-5H3. The van der Waals surface area contributed by atoms with Gasteiger partial charge in [0.2, 0.25) is 0 Å². The SMILES string of the molecule is COC(=O)c1ccc(N(C)CC2CCCN2C(=O)OC(C)(C)C)c([N+](=O)[O-])c1. The third-order valence-electron chi connectivity index (χ3n) is 4.49. The molecule has 1 aromatic carbocycles. The number of hydrogen-bond donors (Lipinski definition) is 0. The quantitative estimate of drug-likeness (QED) is 0.430. The highest BCUT2D eigenvalue weighted by atomic mass is 16.6. The zero-order chi connectivity index (χ0) is 21.1. The Labute approximate surface area is 164 Å². The Balaban J connectivity index is 2.19. The van der Waals surface area contributed by atoms with Crippen molar-refractivity contribution in [2.45, 2.75) is 45.3 Å². The van der Waals surface area contributed by atoms with E-state index >= 15 is 0 Å². The van der Waals surface area contributed by atoms with Crippen molar-refractivity contribution in [1.29, 1.82) is 0 Å². The number of nitrogens with zero attached hydrogens (tertiary/aromatic N) is 3. The molecule has 1 amide bonds. The molecule has 0 saturated carbocycles. The summed E-state index contributed by atoms with van der Waals surface area (Å²) in [6.07, 6.45) is 1.26. The Morgan fingerprint density at radius 2 is 2.04 bits per heavy atom. The maximum Gasteiger partial charge on any atom is 0.410 e. The minimum atomic E-state index is -0.635. The number of amides is 1. The average Bonchev–Trinajstić information content (AvgIpc) is 3.07. The van der Waals surface area contributed by atoms with Gasteiger partial charge in [0.1, 0.15) is 11.3 Å². The summed E-state index contributed by atoms with van der Waals surface area (Å²) in [4.78, 5) is 38.5. The molecule has 0 aliphatic carbocycles. The number of carbonyl (C=O) groups is 2. The highest BCUT2D eigenvalue weighted by Gasteiger charge is 2.33. The Morgan fingerprint density at radius 1 is 1.36 bits per heavy atom. The fourth-order valence-electron chi connectivity index (χ4n) is 3.24. The number of anilines is 1. The van der Waals surface area contributed by atoms with Gasteiger partial charge >= 0.3 is 12.1 Å². The van der Waals surface area contributed by atoms with E-state index in [1.165, 1.54) is 25.3 Å². The van der Waals surface area contributed by atoms with Crippen LogP contribution in [0.1, 0.15) is 44.0 Å². The zero-order valence-corrected chi connectivity index (χ0v) is 16.9. The molecule has 1 heterocycles. The number of rotatable bonds is 5. The summed E-state index contributed by atoms with van der Waals surface area (Å²) in [6.45, 7) is 6.45. The Hall–Kier alpha value is -2.84. The lowest BCUT2D eigenvalue weighted by atomic mass is 10.1. The highest BCUT2D eigenvalue weighted by molar-refractivity contribution is 5.91. The fraction of sp³-hybridized carbons (Fsp3) is 0.579. The molecular formula is C19H27N3O6. The third-order valence-corrected chi connectivity index (χ3v) is 4.49. The number of benzene rings is 1. The molecule has 0 N–H and O–H groups in total. The van der Waals surface area contributed by atoms with Crippen LogP contribution < -0.4 is 4.90 Å². The van der Waals surface area contributed by atoms with Gasteiger partial charge < -0.3 is 19.3 Å². The Bertz CT molecular complexity index is 759. The molecular weight excluding hydrogens is 366 g/mol. The van der Waals surface area contributed by atoms with Crippen LogP contribution in [0.15, 0.2) is 18.2 Å². The second kappa shape index (κ2) is 8.45. The van der Waals surface area contributed by atoms with Gasteiger partial charge in [0, 0.05) is 26.2 Å². The zero-order valence-electron chi connectivity index (χ0n) is 16.9. The van der Waals surface area contributed by atoms with Crippen molar-refractivity contribution in [3.63, 3.8) is 0 Å². The number of ether oxygens (including phenoxy) is 2. The number of esters is 1. The minimum Gasteiger partial charge on any atom is -0.465 e. The number of likely N-dealkylation sites (tertiary alicyclic amines) is 1. The van der Waals surface area contributed by atoms with Crippen molar-refractivity contribution in [1.82, 2.24) is 4.90 Å². The second-order valence-corrected chi connectivity index (χ2v) is 7.80. The molecule has 1 atom stereocenters. The van der Waals surface area contributed by atoms with E-state index in [1.54, 1.807) is 16.8 Å². The van der Waals surface area contributed by atoms with Crippen LogP contribution in [0.25, 0.3) is 0 Å². The number of likely N-dealkylation sites (N-methyl/N-ethyl adjacent to an activating group) is 1. The van der Waals surface area contributed by atoms with Gasteiger partial charge in [-0.05, 0) is 45.7 Å². The number of carbonyl (C=O) groups excluding carboxylic acids is 2. The predicted octanol–water partition coefficient (Wildman–Crippen LogP) is 3.22. The summed E-state index contributed by atoms with van der Waals surface area (Å²) < 4.78 is 10.1. The molecule has 1 fully saturated rings. The van der Waals surface area contributed by atoms with E-state index in [0.29, 0.717) is 18.8 Å². The van der Waals surface area contributed by atoms with E-state index in [1.807, 2.05) is 20.8 Å². The molecule has 0 spiro atoms. The normalized spacial score (nSPS) is 16.6. The van der Waals surface area contributed by atoms with Gasteiger partial charge in [0.25, 0.3) is 5.69 Å². The number of nitro benzene ring substituents is 1. The van der Waals surface area contributed by atoms with Gasteiger partial charge in [-0.1, -0.05) is 0 Å². The minimum absolute atomic E-state index is 0.111. The van der Waals surface area contributed by atoms with E-state index in [9.17, 15) is 19.7 Å². The molecule has 9 heteroatoms. The van der Waals surface area contributed by atoms with Crippen molar-refractivity contribution in [2.24, 2.45) is 0 Å². The van der Waals surface area contributed by atoms with E-state index in [0.717, 1.165) is 12.8 Å². The molecule has 1 aliphatic heterocycles. The lowest BCUT2D eigenvalue weighted by Crippen LogP contribution is -2.44. The van der Waals surface area contributed by atoms with Crippen LogP contribution in [-0.4, -0.2) is 60.8 Å². The summed E-state index contributed by atoms with van der Waals surface area (Å²) in [5.74, 6) is -0.635. The third kappa shape index (κ3) is 5.11. The van der Waals surface area contributed by atoms with Gasteiger partial charge in [0.15, 0.2) is 0 Å². The average molecular weight is 393 g/mol. The van der Waals surface area contributed by atoms with Crippen molar-refractivity contribution >= 4 is 23.4 Å². The van der Waals surface area contributed by atoms with Gasteiger partial charge in [-0.3, -0.25) is 10.1 Å². The summed E-state index contributed by atoms with van der Waals surface area (Å²) in [5.41, 5.74) is -0.290. The number of hydrogen-bond acceptors (Lipinski definition) is 7. The predicted molar refractivity (Wildman–Crippen MR) is 104 cm³/mol. The Kier molecular flexibility index (Phi) is 6.48. The van der Waals surface area contributed by atoms with Crippen LogP contribution in [0.3, 0.4) is 0 Å². The summed E-state index contributed by atoms with van der Waals surface area (Å²) in [5, 5.41) is 11.5.